The van der Waals surface area contributed by atoms with Crippen LogP contribution < -0.4 is 10.6 Å². The quantitative estimate of drug-likeness (QED) is 0.858. The van der Waals surface area contributed by atoms with E-state index in [0.29, 0.717) is 24.7 Å². The number of amides is 1. The smallest absolute Gasteiger partial charge is 0.272 e. The third-order valence-electron chi connectivity index (χ3n) is 3.67. The first kappa shape index (κ1) is 13.8. The molecule has 0 saturated carbocycles. The van der Waals surface area contributed by atoms with Gasteiger partial charge in [0.05, 0.1) is 0 Å². The Hall–Kier alpha value is -1.62. The maximum atomic E-state index is 12.2. The minimum absolute atomic E-state index is 0.00254. The van der Waals surface area contributed by atoms with Gasteiger partial charge in [0.25, 0.3) is 5.91 Å². The molecule has 0 atom stereocenters. The summed E-state index contributed by atoms with van der Waals surface area (Å²) in [6.45, 7) is 8.05. The second-order valence-electron chi connectivity index (χ2n) is 4.88. The highest BCUT2D eigenvalue weighted by atomic mass is 16.2. The van der Waals surface area contributed by atoms with Crippen molar-refractivity contribution in [3.63, 3.8) is 0 Å². The van der Waals surface area contributed by atoms with E-state index >= 15 is 0 Å². The van der Waals surface area contributed by atoms with Gasteiger partial charge in [-0.15, -0.1) is 0 Å². The molecule has 5 nitrogen and oxygen atoms in total. The van der Waals surface area contributed by atoms with Crippen LogP contribution in [0, 0.1) is 5.92 Å². The average Bonchev–Trinajstić information content (AvgIpc) is 2.39. The zero-order valence-corrected chi connectivity index (χ0v) is 11.7. The predicted octanol–water partition coefficient (Wildman–Crippen LogP) is 0.958. The monoisotopic (exact) mass is 262 g/mol. The zero-order chi connectivity index (χ0) is 13.8. The van der Waals surface area contributed by atoms with E-state index in [-0.39, 0.29) is 5.91 Å². The maximum absolute atomic E-state index is 12.2. The van der Waals surface area contributed by atoms with Crippen LogP contribution in [0.4, 0.5) is 5.69 Å². The van der Waals surface area contributed by atoms with E-state index in [1.807, 2.05) is 26.0 Å². The summed E-state index contributed by atoms with van der Waals surface area (Å²) < 4.78 is 0. The van der Waals surface area contributed by atoms with Crippen LogP contribution in [0.15, 0.2) is 18.3 Å². The Kier molecular flexibility index (Phi) is 4.37. The zero-order valence-electron chi connectivity index (χ0n) is 11.7. The van der Waals surface area contributed by atoms with Crippen LogP contribution >= 0.6 is 0 Å². The molecule has 0 aliphatic carbocycles. The Morgan fingerprint density at radius 3 is 2.74 bits per heavy atom. The van der Waals surface area contributed by atoms with Crippen molar-refractivity contribution in [2.75, 3.05) is 37.6 Å². The summed E-state index contributed by atoms with van der Waals surface area (Å²) in [6.07, 6.45) is 1.71. The third-order valence-corrected chi connectivity index (χ3v) is 3.67. The van der Waals surface area contributed by atoms with Crippen molar-refractivity contribution in [1.29, 1.82) is 0 Å². The van der Waals surface area contributed by atoms with Crippen molar-refractivity contribution in [1.82, 2.24) is 9.88 Å². The fraction of sp³-hybridized carbons (Fsp3) is 0.571. The normalized spacial score (nSPS) is 15.2. The molecule has 5 heteroatoms. The van der Waals surface area contributed by atoms with Crippen molar-refractivity contribution >= 4 is 11.6 Å². The van der Waals surface area contributed by atoms with Crippen LogP contribution in [-0.4, -0.2) is 48.5 Å². The van der Waals surface area contributed by atoms with Crippen LogP contribution in [0.5, 0.6) is 0 Å². The Morgan fingerprint density at radius 2 is 2.16 bits per heavy atom. The molecule has 1 aliphatic rings. The van der Waals surface area contributed by atoms with E-state index in [0.717, 1.165) is 25.3 Å². The number of hydrogen-bond donors (Lipinski definition) is 1. The molecule has 19 heavy (non-hydrogen) atoms. The number of carbonyl (C=O) groups is 1. The van der Waals surface area contributed by atoms with Gasteiger partial charge in [0.2, 0.25) is 0 Å². The fourth-order valence-corrected chi connectivity index (χ4v) is 2.34. The molecule has 1 saturated heterocycles. The van der Waals surface area contributed by atoms with Gasteiger partial charge >= 0.3 is 0 Å². The first-order valence-electron chi connectivity index (χ1n) is 6.89. The van der Waals surface area contributed by atoms with Gasteiger partial charge in [0, 0.05) is 44.0 Å². The Labute approximate surface area is 114 Å². The van der Waals surface area contributed by atoms with Crippen molar-refractivity contribution in [3.8, 4) is 0 Å². The Morgan fingerprint density at radius 1 is 1.47 bits per heavy atom. The first-order chi connectivity index (χ1) is 9.19. The fourth-order valence-electron chi connectivity index (χ4n) is 2.34. The standard InChI is InChI=1S/C14H22N4O/c1-3-17(4-2)14(19)13-7-12(5-6-16-13)18-9-11(8-15)10-18/h5-7,11H,3-4,8-10,15H2,1-2H3. The average molecular weight is 262 g/mol. The number of nitrogens with zero attached hydrogens (tertiary/aromatic N) is 3. The molecule has 1 fully saturated rings. The van der Waals surface area contributed by atoms with E-state index in [1.165, 1.54) is 0 Å². The van der Waals surface area contributed by atoms with E-state index in [1.54, 1.807) is 11.1 Å². The van der Waals surface area contributed by atoms with Gasteiger partial charge in [-0.25, -0.2) is 0 Å². The van der Waals surface area contributed by atoms with Gasteiger partial charge in [0.15, 0.2) is 0 Å². The lowest BCUT2D eigenvalue weighted by Crippen LogP contribution is -2.50. The number of nitrogens with two attached hydrogens (primary N) is 1. The van der Waals surface area contributed by atoms with Gasteiger partial charge < -0.3 is 15.5 Å². The molecular formula is C14H22N4O. The molecule has 2 rings (SSSR count). The summed E-state index contributed by atoms with van der Waals surface area (Å²) in [4.78, 5) is 20.4. The Balaban J connectivity index is 2.09. The molecule has 1 aromatic heterocycles. The first-order valence-corrected chi connectivity index (χ1v) is 6.89. The van der Waals surface area contributed by atoms with Crippen LogP contribution in [0.3, 0.4) is 0 Å². The predicted molar refractivity (Wildman–Crippen MR) is 76.2 cm³/mol. The molecule has 0 aromatic carbocycles. The molecule has 104 valence electrons. The third kappa shape index (κ3) is 2.87. The van der Waals surface area contributed by atoms with Crippen molar-refractivity contribution in [3.05, 3.63) is 24.0 Å². The molecule has 2 N–H and O–H groups in total. The van der Waals surface area contributed by atoms with Gasteiger partial charge in [-0.05, 0) is 32.5 Å². The highest BCUT2D eigenvalue weighted by molar-refractivity contribution is 5.93. The van der Waals surface area contributed by atoms with Gasteiger partial charge in [-0.3, -0.25) is 9.78 Å². The lowest BCUT2D eigenvalue weighted by Gasteiger charge is -2.40. The maximum Gasteiger partial charge on any atom is 0.272 e. The van der Waals surface area contributed by atoms with Crippen molar-refractivity contribution in [2.24, 2.45) is 11.7 Å². The summed E-state index contributed by atoms with van der Waals surface area (Å²) in [6, 6.07) is 3.83. The highest BCUT2D eigenvalue weighted by Crippen LogP contribution is 2.24. The molecule has 0 radical (unpaired) electrons. The number of carbonyl (C=O) groups excluding carboxylic acids is 1. The molecule has 0 bridgehead atoms. The second-order valence-corrected chi connectivity index (χ2v) is 4.88. The number of anilines is 1. The topological polar surface area (TPSA) is 62.5 Å². The lowest BCUT2D eigenvalue weighted by molar-refractivity contribution is 0.0767. The minimum Gasteiger partial charge on any atom is -0.371 e. The summed E-state index contributed by atoms with van der Waals surface area (Å²) in [5.41, 5.74) is 7.22. The van der Waals surface area contributed by atoms with Crippen LogP contribution in [0.1, 0.15) is 24.3 Å². The molecule has 2 heterocycles. The van der Waals surface area contributed by atoms with Crippen molar-refractivity contribution in [2.45, 2.75) is 13.8 Å². The van der Waals surface area contributed by atoms with E-state index < -0.39 is 0 Å². The van der Waals surface area contributed by atoms with Gasteiger partial charge in [0.1, 0.15) is 5.69 Å². The number of hydrogen-bond acceptors (Lipinski definition) is 4. The number of rotatable bonds is 5. The van der Waals surface area contributed by atoms with E-state index in [4.69, 9.17) is 5.73 Å². The number of pyridine rings is 1. The van der Waals surface area contributed by atoms with Crippen LogP contribution in [0.2, 0.25) is 0 Å². The van der Waals surface area contributed by atoms with Crippen LogP contribution in [-0.2, 0) is 0 Å². The molecule has 1 amide bonds. The van der Waals surface area contributed by atoms with Crippen LogP contribution in [0.25, 0.3) is 0 Å². The summed E-state index contributed by atoms with van der Waals surface area (Å²) in [7, 11) is 0. The largest absolute Gasteiger partial charge is 0.371 e. The summed E-state index contributed by atoms with van der Waals surface area (Å²) in [5.74, 6) is 0.581. The molecule has 1 aromatic rings. The molecule has 0 spiro atoms. The van der Waals surface area contributed by atoms with Crippen molar-refractivity contribution < 1.29 is 4.79 Å². The molecule has 0 unspecified atom stereocenters. The van der Waals surface area contributed by atoms with E-state index in [2.05, 4.69) is 9.88 Å². The second kappa shape index (κ2) is 6.02. The Bertz CT molecular complexity index is 439. The summed E-state index contributed by atoms with van der Waals surface area (Å²) in [5, 5.41) is 0. The summed E-state index contributed by atoms with van der Waals surface area (Å²) >= 11 is 0. The number of aromatic nitrogens is 1. The van der Waals surface area contributed by atoms with E-state index in [9.17, 15) is 4.79 Å². The lowest BCUT2D eigenvalue weighted by atomic mass is 10.00. The molecular weight excluding hydrogens is 240 g/mol. The van der Waals surface area contributed by atoms with Gasteiger partial charge in [-0.1, -0.05) is 0 Å². The highest BCUT2D eigenvalue weighted by Gasteiger charge is 2.26. The SMILES string of the molecule is CCN(CC)C(=O)c1cc(N2CC(CN)C2)ccn1. The van der Waals surface area contributed by atoms with Gasteiger partial charge in [-0.2, -0.15) is 0 Å². The minimum atomic E-state index is 0.00254. The molecule has 1 aliphatic heterocycles.